The molecule has 0 spiro atoms. The van der Waals surface area contributed by atoms with Crippen LogP contribution in [0.5, 0.6) is 0 Å². The van der Waals surface area contributed by atoms with Gasteiger partial charge in [-0.05, 0) is 43.5 Å². The Morgan fingerprint density at radius 3 is 2.72 bits per heavy atom. The van der Waals surface area contributed by atoms with Crippen molar-refractivity contribution in [3.8, 4) is 0 Å². The summed E-state index contributed by atoms with van der Waals surface area (Å²) in [4.78, 5) is 12.7. The van der Waals surface area contributed by atoms with Gasteiger partial charge in [0.2, 0.25) is 0 Å². The van der Waals surface area contributed by atoms with Crippen molar-refractivity contribution in [2.45, 2.75) is 26.3 Å². The fourth-order valence-electron chi connectivity index (χ4n) is 2.26. The number of non-ortho nitro benzene ring substituents is 1. The molecule has 1 aromatic rings. The number of nitrogens with zero attached hydrogens (tertiary/aromatic N) is 2. The Labute approximate surface area is 112 Å². The first kappa shape index (κ1) is 13.3. The monoisotopic (exact) mass is 268 g/mol. The predicted molar refractivity (Wildman–Crippen MR) is 71.8 cm³/mol. The molecule has 0 atom stereocenters. The maximum atomic E-state index is 10.7. The molecule has 1 aromatic carbocycles. The van der Waals surface area contributed by atoms with Gasteiger partial charge in [0.1, 0.15) is 0 Å². The number of nitro benzene ring substituents is 1. The van der Waals surface area contributed by atoms with E-state index in [2.05, 4.69) is 11.8 Å². The van der Waals surface area contributed by atoms with E-state index in [4.69, 9.17) is 11.6 Å². The summed E-state index contributed by atoms with van der Waals surface area (Å²) >= 11 is 6.10. The minimum atomic E-state index is -0.377. The molecule has 2 rings (SSSR count). The molecule has 0 amide bonds. The van der Waals surface area contributed by atoms with E-state index in [1.165, 1.54) is 18.9 Å². The largest absolute Gasteiger partial charge is 0.299 e. The smallest absolute Gasteiger partial charge is 0.269 e. The van der Waals surface area contributed by atoms with Crippen molar-refractivity contribution >= 4 is 17.3 Å². The van der Waals surface area contributed by atoms with Gasteiger partial charge in [-0.1, -0.05) is 18.5 Å². The van der Waals surface area contributed by atoms with Gasteiger partial charge in [0.05, 0.1) is 4.92 Å². The van der Waals surface area contributed by atoms with Gasteiger partial charge in [-0.3, -0.25) is 15.0 Å². The van der Waals surface area contributed by atoms with E-state index < -0.39 is 0 Å². The van der Waals surface area contributed by atoms with Crippen LogP contribution >= 0.6 is 11.6 Å². The Balaban J connectivity index is 2.08. The van der Waals surface area contributed by atoms with Gasteiger partial charge in [0.25, 0.3) is 5.69 Å². The molecule has 1 aliphatic rings. The predicted octanol–water partition coefficient (Wildman–Crippen LogP) is 3.48. The summed E-state index contributed by atoms with van der Waals surface area (Å²) in [6.07, 6.45) is 2.37. The third-order valence-corrected chi connectivity index (χ3v) is 3.88. The molecule has 98 valence electrons. The summed E-state index contributed by atoms with van der Waals surface area (Å²) in [5.74, 6) is 0.779. The summed E-state index contributed by atoms with van der Waals surface area (Å²) in [6, 6.07) is 4.64. The average molecular weight is 269 g/mol. The van der Waals surface area contributed by atoms with E-state index in [9.17, 15) is 10.1 Å². The van der Waals surface area contributed by atoms with Gasteiger partial charge in [-0.15, -0.1) is 0 Å². The van der Waals surface area contributed by atoms with Crippen molar-refractivity contribution in [3.05, 3.63) is 38.9 Å². The second-order valence-corrected chi connectivity index (χ2v) is 5.40. The zero-order chi connectivity index (χ0) is 13.1. The van der Waals surface area contributed by atoms with Crippen LogP contribution in [-0.2, 0) is 6.54 Å². The zero-order valence-corrected chi connectivity index (χ0v) is 11.2. The average Bonchev–Trinajstić information content (AvgIpc) is 2.34. The fourth-order valence-corrected chi connectivity index (χ4v) is 2.43. The van der Waals surface area contributed by atoms with Crippen LogP contribution in [0.15, 0.2) is 18.2 Å². The Kier molecular flexibility index (Phi) is 4.19. The first-order valence-corrected chi connectivity index (χ1v) is 6.59. The van der Waals surface area contributed by atoms with Crippen LogP contribution in [0.1, 0.15) is 25.3 Å². The second kappa shape index (κ2) is 5.67. The lowest BCUT2D eigenvalue weighted by molar-refractivity contribution is -0.384. The molecule has 0 aromatic heterocycles. The highest BCUT2D eigenvalue weighted by atomic mass is 35.5. The van der Waals surface area contributed by atoms with Crippen LogP contribution in [0.2, 0.25) is 5.02 Å². The number of likely N-dealkylation sites (tertiary alicyclic amines) is 1. The summed E-state index contributed by atoms with van der Waals surface area (Å²) in [5, 5.41) is 11.4. The molecule has 0 N–H and O–H groups in total. The third-order valence-electron chi connectivity index (χ3n) is 3.51. The Hall–Kier alpha value is -1.13. The third kappa shape index (κ3) is 3.21. The quantitative estimate of drug-likeness (QED) is 0.623. The van der Waals surface area contributed by atoms with Crippen molar-refractivity contribution in [2.24, 2.45) is 5.92 Å². The van der Waals surface area contributed by atoms with Gasteiger partial charge in [0.15, 0.2) is 0 Å². The topological polar surface area (TPSA) is 46.4 Å². The van der Waals surface area contributed by atoms with Crippen LogP contribution in [0.25, 0.3) is 0 Å². The number of rotatable bonds is 3. The Morgan fingerprint density at radius 2 is 2.11 bits per heavy atom. The van der Waals surface area contributed by atoms with E-state index >= 15 is 0 Å². The van der Waals surface area contributed by atoms with Crippen LogP contribution < -0.4 is 0 Å². The SMILES string of the molecule is CC1CCN(Cc2cc([N+](=O)[O-])ccc2Cl)CC1. The minimum absolute atomic E-state index is 0.111. The Bertz CT molecular complexity index is 443. The van der Waals surface area contributed by atoms with Gasteiger partial charge in [-0.2, -0.15) is 0 Å². The minimum Gasteiger partial charge on any atom is -0.299 e. The van der Waals surface area contributed by atoms with Gasteiger partial charge < -0.3 is 0 Å². The van der Waals surface area contributed by atoms with Crippen LogP contribution in [0, 0.1) is 16.0 Å². The number of hydrogen-bond donors (Lipinski definition) is 0. The van der Waals surface area contributed by atoms with Crippen LogP contribution in [0.3, 0.4) is 0 Å². The van der Waals surface area contributed by atoms with Crippen LogP contribution in [0.4, 0.5) is 5.69 Å². The summed E-state index contributed by atoms with van der Waals surface area (Å²) in [6.45, 7) is 5.05. The molecule has 0 aliphatic carbocycles. The van der Waals surface area contributed by atoms with Gasteiger partial charge in [-0.25, -0.2) is 0 Å². The lowest BCUT2D eigenvalue weighted by atomic mass is 9.99. The van der Waals surface area contributed by atoms with E-state index in [1.54, 1.807) is 12.1 Å². The maximum absolute atomic E-state index is 10.7. The number of piperidine rings is 1. The molecule has 5 heteroatoms. The first-order valence-electron chi connectivity index (χ1n) is 6.21. The standard InChI is InChI=1S/C13H17ClN2O2/c1-10-4-6-15(7-5-10)9-11-8-12(16(17)18)2-3-13(11)14/h2-3,8,10H,4-7,9H2,1H3. The number of halogens is 1. The summed E-state index contributed by atoms with van der Waals surface area (Å²) in [7, 11) is 0. The molecule has 1 aliphatic heterocycles. The van der Waals surface area contributed by atoms with Crippen molar-refractivity contribution in [3.63, 3.8) is 0 Å². The lowest BCUT2D eigenvalue weighted by Crippen LogP contribution is -2.32. The van der Waals surface area contributed by atoms with Crippen molar-refractivity contribution in [2.75, 3.05) is 13.1 Å². The van der Waals surface area contributed by atoms with Crippen molar-refractivity contribution in [1.29, 1.82) is 0 Å². The number of hydrogen-bond acceptors (Lipinski definition) is 3. The van der Waals surface area contributed by atoms with Crippen LogP contribution in [-0.4, -0.2) is 22.9 Å². The Morgan fingerprint density at radius 1 is 1.44 bits per heavy atom. The summed E-state index contributed by atoms with van der Waals surface area (Å²) in [5.41, 5.74) is 0.959. The molecular weight excluding hydrogens is 252 g/mol. The molecular formula is C13H17ClN2O2. The highest BCUT2D eigenvalue weighted by Crippen LogP contribution is 2.25. The molecule has 0 bridgehead atoms. The van der Waals surface area contributed by atoms with E-state index in [1.807, 2.05) is 0 Å². The molecule has 0 radical (unpaired) electrons. The molecule has 4 nitrogen and oxygen atoms in total. The second-order valence-electron chi connectivity index (χ2n) is 4.99. The summed E-state index contributed by atoms with van der Waals surface area (Å²) < 4.78 is 0. The molecule has 0 unspecified atom stereocenters. The van der Waals surface area contributed by atoms with Gasteiger partial charge >= 0.3 is 0 Å². The van der Waals surface area contributed by atoms with Gasteiger partial charge in [0, 0.05) is 23.7 Å². The van der Waals surface area contributed by atoms with Crippen molar-refractivity contribution in [1.82, 2.24) is 4.90 Å². The maximum Gasteiger partial charge on any atom is 0.269 e. The number of nitro groups is 1. The molecule has 18 heavy (non-hydrogen) atoms. The normalized spacial score (nSPS) is 17.9. The first-order chi connectivity index (χ1) is 8.56. The lowest BCUT2D eigenvalue weighted by Gasteiger charge is -2.30. The molecule has 1 saturated heterocycles. The van der Waals surface area contributed by atoms with E-state index in [-0.39, 0.29) is 10.6 Å². The van der Waals surface area contributed by atoms with E-state index in [0.717, 1.165) is 24.6 Å². The zero-order valence-electron chi connectivity index (χ0n) is 10.4. The fraction of sp³-hybridized carbons (Fsp3) is 0.538. The van der Waals surface area contributed by atoms with E-state index in [0.29, 0.717) is 11.6 Å². The highest BCUT2D eigenvalue weighted by molar-refractivity contribution is 6.31. The van der Waals surface area contributed by atoms with Crippen molar-refractivity contribution < 1.29 is 4.92 Å². The molecule has 1 heterocycles. The number of benzene rings is 1. The molecule has 0 saturated carbocycles. The highest BCUT2D eigenvalue weighted by Gasteiger charge is 2.18. The molecule has 1 fully saturated rings.